The molecule has 4 aliphatic rings. The Hall–Kier alpha value is -2.56. The molecule has 37 heavy (non-hydrogen) atoms. The molecular weight excluding hydrogens is 468 g/mol. The normalized spacial score (nSPS) is 24.3. The lowest BCUT2D eigenvalue weighted by Crippen LogP contribution is -2.56. The average molecular weight is 509 g/mol. The van der Waals surface area contributed by atoms with Gasteiger partial charge in [-0.2, -0.15) is 5.10 Å². The number of aromatic nitrogens is 4. The van der Waals surface area contributed by atoms with Gasteiger partial charge in [-0.1, -0.05) is 0 Å². The van der Waals surface area contributed by atoms with E-state index in [1.165, 1.54) is 77.4 Å². The van der Waals surface area contributed by atoms with Crippen LogP contribution in [0.1, 0.15) is 67.9 Å². The van der Waals surface area contributed by atoms with Gasteiger partial charge in [-0.25, -0.2) is 14.8 Å². The van der Waals surface area contributed by atoms with Gasteiger partial charge in [-0.3, -0.25) is 4.68 Å². The fraction of sp³-hybridized carbons (Fsp3) is 0.704. The zero-order chi connectivity index (χ0) is 25.4. The molecule has 1 aliphatic carbocycles. The minimum absolute atomic E-state index is 0.0738. The van der Waals surface area contributed by atoms with Gasteiger partial charge in [0.05, 0.1) is 24.1 Å². The molecule has 0 radical (unpaired) electrons. The number of nitrogen functional groups attached to an aromatic ring is 1. The third-order valence-corrected chi connectivity index (χ3v) is 9.52. The number of rotatable bonds is 6. The molecule has 10 heteroatoms. The average Bonchev–Trinajstić information content (AvgIpc) is 3.39. The van der Waals surface area contributed by atoms with Gasteiger partial charge in [-0.15, -0.1) is 0 Å². The van der Waals surface area contributed by atoms with Crippen LogP contribution in [0.2, 0.25) is 0 Å². The van der Waals surface area contributed by atoms with Crippen molar-refractivity contribution < 1.29 is 9.90 Å². The lowest BCUT2D eigenvalue weighted by molar-refractivity contribution is -0.0348. The van der Waals surface area contributed by atoms with E-state index in [1.807, 2.05) is 10.9 Å². The van der Waals surface area contributed by atoms with E-state index in [9.17, 15) is 9.90 Å². The van der Waals surface area contributed by atoms with Crippen LogP contribution in [0.15, 0.2) is 18.6 Å². The number of anilines is 1. The minimum atomic E-state index is -1.18. The second kappa shape index (κ2) is 10.3. The van der Waals surface area contributed by atoms with E-state index in [-0.39, 0.29) is 11.5 Å². The number of nitrogens with zero attached hydrogens (tertiary/aromatic N) is 6. The quantitative estimate of drug-likeness (QED) is 0.540. The molecule has 4 N–H and O–H groups in total. The predicted molar refractivity (Wildman–Crippen MR) is 141 cm³/mol. The van der Waals surface area contributed by atoms with E-state index in [4.69, 9.17) is 5.73 Å². The molecule has 1 saturated carbocycles. The molecule has 0 aromatic carbocycles. The summed E-state index contributed by atoms with van der Waals surface area (Å²) in [5.41, 5.74) is 7.35. The highest BCUT2D eigenvalue weighted by molar-refractivity contribution is 5.90. The van der Waals surface area contributed by atoms with Crippen LogP contribution in [-0.4, -0.2) is 92.5 Å². The summed E-state index contributed by atoms with van der Waals surface area (Å²) < 4.78 is 2.01. The number of nitrogens with one attached hydrogen (secondary N) is 1. The topological polar surface area (TPSA) is 125 Å². The molecule has 1 spiro atoms. The van der Waals surface area contributed by atoms with Crippen molar-refractivity contribution in [3.8, 4) is 11.3 Å². The Morgan fingerprint density at radius 3 is 2.49 bits per heavy atom. The maximum absolute atomic E-state index is 11.3. The molecule has 2 aromatic heterocycles. The molecule has 2 aromatic rings. The molecular formula is C27H40N8O2. The maximum Gasteiger partial charge on any atom is 0.358 e. The van der Waals surface area contributed by atoms with Crippen molar-refractivity contribution in [3.63, 3.8) is 0 Å². The van der Waals surface area contributed by atoms with Crippen molar-refractivity contribution in [1.82, 2.24) is 34.9 Å². The number of aromatic carboxylic acids is 1. The SMILES string of the molecule is Nc1ncc(-c2cnn(C3CCN(CC4CCN(C5CC6(CCNCC6)C5)CC4)CC3)c2)nc1C(=O)O. The van der Waals surface area contributed by atoms with Gasteiger partial charge in [0.25, 0.3) is 0 Å². The van der Waals surface area contributed by atoms with Crippen molar-refractivity contribution in [3.05, 3.63) is 24.3 Å². The highest BCUT2D eigenvalue weighted by atomic mass is 16.4. The second-order valence-corrected chi connectivity index (χ2v) is 11.8. The lowest BCUT2D eigenvalue weighted by Gasteiger charge is -2.55. The number of nitrogens with two attached hydrogens (primary N) is 1. The fourth-order valence-corrected chi connectivity index (χ4v) is 7.16. The number of carboxylic acid groups (broad SMARTS) is 1. The first-order valence-electron chi connectivity index (χ1n) is 14.1. The molecule has 10 nitrogen and oxygen atoms in total. The van der Waals surface area contributed by atoms with Crippen LogP contribution in [0.25, 0.3) is 11.3 Å². The van der Waals surface area contributed by atoms with E-state index < -0.39 is 5.97 Å². The monoisotopic (exact) mass is 508 g/mol. The summed E-state index contributed by atoms with van der Waals surface area (Å²) in [6.07, 6.45) is 15.7. The first-order chi connectivity index (χ1) is 18.0. The molecule has 0 atom stereocenters. The Labute approximate surface area is 218 Å². The van der Waals surface area contributed by atoms with Crippen molar-refractivity contribution in [2.45, 2.75) is 63.5 Å². The number of likely N-dealkylation sites (tertiary alicyclic amines) is 2. The Morgan fingerprint density at radius 2 is 1.78 bits per heavy atom. The standard InChI is InChI=1S/C27H40N8O2/c28-25-24(26(36)37)32-23(16-30-25)20-15-31-35(18-20)21-3-9-33(10-4-21)17-19-1-11-34(12-2-19)22-13-27(14-22)5-7-29-8-6-27/h15-16,18-19,21-22,29H,1-14,17H2,(H2,28,30)(H,36,37). The Kier molecular flexibility index (Phi) is 6.89. The van der Waals surface area contributed by atoms with Crippen LogP contribution >= 0.6 is 0 Å². The summed E-state index contributed by atoms with van der Waals surface area (Å²) in [5, 5.41) is 17.4. The van der Waals surface area contributed by atoms with E-state index in [2.05, 4.69) is 30.2 Å². The first kappa shape index (κ1) is 24.8. The maximum atomic E-state index is 11.3. The van der Waals surface area contributed by atoms with Gasteiger partial charge in [0.1, 0.15) is 0 Å². The summed E-state index contributed by atoms with van der Waals surface area (Å²) in [6.45, 7) is 8.44. The minimum Gasteiger partial charge on any atom is -0.476 e. The van der Waals surface area contributed by atoms with Crippen LogP contribution in [0, 0.1) is 11.3 Å². The molecule has 3 aliphatic heterocycles. The van der Waals surface area contributed by atoms with Crippen molar-refractivity contribution >= 4 is 11.8 Å². The zero-order valence-corrected chi connectivity index (χ0v) is 21.7. The van der Waals surface area contributed by atoms with Gasteiger partial charge in [0.2, 0.25) is 0 Å². The van der Waals surface area contributed by atoms with Crippen LogP contribution < -0.4 is 11.1 Å². The van der Waals surface area contributed by atoms with Crippen LogP contribution in [0.5, 0.6) is 0 Å². The third kappa shape index (κ3) is 5.24. The third-order valence-electron chi connectivity index (χ3n) is 9.52. The molecule has 6 rings (SSSR count). The largest absolute Gasteiger partial charge is 0.476 e. The van der Waals surface area contributed by atoms with Crippen LogP contribution in [-0.2, 0) is 0 Å². The van der Waals surface area contributed by atoms with E-state index >= 15 is 0 Å². The Morgan fingerprint density at radius 1 is 1.05 bits per heavy atom. The van der Waals surface area contributed by atoms with Gasteiger partial charge in [-0.05, 0) is 88.9 Å². The molecule has 200 valence electrons. The number of hydrogen-bond acceptors (Lipinski definition) is 8. The molecule has 4 fully saturated rings. The highest BCUT2D eigenvalue weighted by Crippen LogP contribution is 2.50. The van der Waals surface area contributed by atoms with Crippen LogP contribution in [0.3, 0.4) is 0 Å². The number of piperidine rings is 3. The van der Waals surface area contributed by atoms with Gasteiger partial charge in [0.15, 0.2) is 11.5 Å². The summed E-state index contributed by atoms with van der Waals surface area (Å²) in [4.78, 5) is 25.0. The smallest absolute Gasteiger partial charge is 0.358 e. The summed E-state index contributed by atoms with van der Waals surface area (Å²) >= 11 is 0. The number of carboxylic acids is 1. The number of carbonyl (C=O) groups is 1. The predicted octanol–water partition coefficient (Wildman–Crippen LogP) is 2.50. The van der Waals surface area contributed by atoms with Crippen molar-refractivity contribution in [1.29, 1.82) is 0 Å². The summed E-state index contributed by atoms with van der Waals surface area (Å²) in [6, 6.07) is 1.21. The highest BCUT2D eigenvalue weighted by Gasteiger charge is 2.47. The van der Waals surface area contributed by atoms with Gasteiger partial charge in [0, 0.05) is 37.4 Å². The van der Waals surface area contributed by atoms with E-state index in [0.717, 1.165) is 43.5 Å². The molecule has 3 saturated heterocycles. The second-order valence-electron chi connectivity index (χ2n) is 11.8. The molecule has 5 heterocycles. The molecule has 0 amide bonds. The zero-order valence-electron chi connectivity index (χ0n) is 21.7. The van der Waals surface area contributed by atoms with Crippen molar-refractivity contribution in [2.24, 2.45) is 11.3 Å². The lowest BCUT2D eigenvalue weighted by atomic mass is 9.60. The Bertz CT molecular complexity index is 1090. The van der Waals surface area contributed by atoms with E-state index in [0.29, 0.717) is 17.2 Å². The fourth-order valence-electron chi connectivity index (χ4n) is 7.16. The summed E-state index contributed by atoms with van der Waals surface area (Å²) in [7, 11) is 0. The van der Waals surface area contributed by atoms with Crippen molar-refractivity contribution in [2.75, 3.05) is 51.5 Å². The number of hydrogen-bond donors (Lipinski definition) is 3. The Balaban J connectivity index is 0.950. The molecule has 0 unspecified atom stereocenters. The summed E-state index contributed by atoms with van der Waals surface area (Å²) in [5.74, 6) is -0.425. The van der Waals surface area contributed by atoms with Crippen LogP contribution in [0.4, 0.5) is 5.82 Å². The van der Waals surface area contributed by atoms with E-state index in [1.54, 1.807) is 6.20 Å². The first-order valence-corrected chi connectivity index (χ1v) is 14.1. The van der Waals surface area contributed by atoms with Gasteiger partial charge < -0.3 is 26.0 Å². The molecule has 0 bridgehead atoms. The van der Waals surface area contributed by atoms with Gasteiger partial charge >= 0.3 is 5.97 Å².